The lowest BCUT2D eigenvalue weighted by Gasteiger charge is -2.13. The molecular formula is C50H30N2. The molecule has 9 aromatic carbocycles. The average Bonchev–Trinajstić information content (AvgIpc) is 3.85. The zero-order chi connectivity index (χ0) is 33.9. The second kappa shape index (κ2) is 10.3. The van der Waals surface area contributed by atoms with Crippen LogP contribution < -0.4 is 0 Å². The third-order valence-corrected chi connectivity index (χ3v) is 11.4. The average molecular weight is 659 g/mol. The number of hydrogen-bond acceptors (Lipinski definition) is 0. The Morgan fingerprint density at radius 1 is 0.288 bits per heavy atom. The molecule has 0 amide bonds. The monoisotopic (exact) mass is 658 g/mol. The van der Waals surface area contributed by atoms with Crippen molar-refractivity contribution >= 4 is 65.2 Å². The topological polar surface area (TPSA) is 9.86 Å². The highest BCUT2D eigenvalue weighted by Crippen LogP contribution is 2.50. The summed E-state index contributed by atoms with van der Waals surface area (Å²) in [7, 11) is 0. The quantitative estimate of drug-likeness (QED) is 0.179. The molecule has 0 aliphatic heterocycles. The Morgan fingerprint density at radius 2 is 0.923 bits per heavy atom. The summed E-state index contributed by atoms with van der Waals surface area (Å²) in [5.41, 5.74) is 15.0. The van der Waals surface area contributed by atoms with Gasteiger partial charge in [0.05, 0.1) is 22.1 Å². The highest BCUT2D eigenvalue weighted by atomic mass is 15.0. The first kappa shape index (κ1) is 27.9. The maximum Gasteiger partial charge on any atom is 0.0641 e. The van der Waals surface area contributed by atoms with Crippen molar-refractivity contribution < 1.29 is 0 Å². The standard InChI is InChI=1S/C50H30N2/c1-2-14-33(15-3-1)52-44-23-9-8-20-39(44)43-27-29-46-49(50(43)52)48-36-17-5-4-12-31(36)24-28-45(48)51(46)34-16-10-13-32(30-34)35-25-26-42-38-19-7-6-18-37(38)41-22-11-21-40(35)47(41)42/h1-30H. The number of para-hydroxylation sites is 2. The van der Waals surface area contributed by atoms with E-state index in [-0.39, 0.29) is 0 Å². The summed E-state index contributed by atoms with van der Waals surface area (Å²) >= 11 is 0. The first-order valence-electron chi connectivity index (χ1n) is 18.0. The fraction of sp³-hybridized carbons (Fsp3) is 0. The van der Waals surface area contributed by atoms with E-state index in [1.807, 2.05) is 0 Å². The summed E-state index contributed by atoms with van der Waals surface area (Å²) in [6.45, 7) is 0. The van der Waals surface area contributed by atoms with Crippen molar-refractivity contribution in [2.75, 3.05) is 0 Å². The molecule has 0 saturated carbocycles. The molecule has 0 fully saturated rings. The van der Waals surface area contributed by atoms with E-state index in [2.05, 4.69) is 191 Å². The number of benzene rings is 9. The predicted octanol–water partition coefficient (Wildman–Crippen LogP) is 13.5. The summed E-state index contributed by atoms with van der Waals surface area (Å²) in [5, 5.41) is 10.3. The molecule has 0 spiro atoms. The third kappa shape index (κ3) is 3.63. The van der Waals surface area contributed by atoms with Crippen molar-refractivity contribution in [3.8, 4) is 44.8 Å². The minimum atomic E-state index is 1.15. The van der Waals surface area contributed by atoms with Crippen molar-refractivity contribution in [3.05, 3.63) is 182 Å². The van der Waals surface area contributed by atoms with E-state index in [9.17, 15) is 0 Å². The lowest BCUT2D eigenvalue weighted by molar-refractivity contribution is 1.17. The Hall–Kier alpha value is -6.90. The third-order valence-electron chi connectivity index (χ3n) is 11.4. The summed E-state index contributed by atoms with van der Waals surface area (Å²) in [6.07, 6.45) is 0. The Kier molecular flexibility index (Phi) is 5.53. The molecule has 1 aliphatic carbocycles. The molecule has 12 rings (SSSR count). The van der Waals surface area contributed by atoms with Gasteiger partial charge in [0.25, 0.3) is 0 Å². The van der Waals surface area contributed by atoms with Gasteiger partial charge in [-0.1, -0.05) is 140 Å². The van der Waals surface area contributed by atoms with Crippen molar-refractivity contribution in [3.63, 3.8) is 0 Å². The van der Waals surface area contributed by atoms with Crippen LogP contribution in [0.3, 0.4) is 0 Å². The van der Waals surface area contributed by atoms with Gasteiger partial charge >= 0.3 is 0 Å². The van der Waals surface area contributed by atoms with E-state index in [0.717, 1.165) is 5.69 Å². The zero-order valence-electron chi connectivity index (χ0n) is 28.2. The van der Waals surface area contributed by atoms with E-state index >= 15 is 0 Å². The number of nitrogens with zero attached hydrogens (tertiary/aromatic N) is 2. The van der Waals surface area contributed by atoms with Gasteiger partial charge in [-0.05, 0) is 97.4 Å². The van der Waals surface area contributed by atoms with E-state index in [1.165, 1.54) is 104 Å². The van der Waals surface area contributed by atoms with Gasteiger partial charge in [0.2, 0.25) is 0 Å². The number of aromatic nitrogens is 2. The highest BCUT2D eigenvalue weighted by molar-refractivity contribution is 6.31. The Labute approximate surface area is 300 Å². The summed E-state index contributed by atoms with van der Waals surface area (Å²) < 4.78 is 4.96. The van der Waals surface area contributed by atoms with Crippen LogP contribution in [0.1, 0.15) is 0 Å². The Morgan fingerprint density at radius 3 is 1.81 bits per heavy atom. The molecule has 0 radical (unpaired) electrons. The van der Waals surface area contributed by atoms with Gasteiger partial charge in [0.1, 0.15) is 0 Å². The fourth-order valence-electron chi connectivity index (χ4n) is 9.31. The second-order valence-corrected chi connectivity index (χ2v) is 14.0. The lowest BCUT2D eigenvalue weighted by Crippen LogP contribution is -1.95. The number of hydrogen-bond donors (Lipinski definition) is 0. The maximum absolute atomic E-state index is 2.49. The van der Waals surface area contributed by atoms with Crippen molar-refractivity contribution in [2.45, 2.75) is 0 Å². The molecule has 0 unspecified atom stereocenters. The molecular weight excluding hydrogens is 629 g/mol. The molecule has 2 nitrogen and oxygen atoms in total. The number of fused-ring (bicyclic) bond motifs is 12. The molecule has 2 heteroatoms. The molecule has 52 heavy (non-hydrogen) atoms. The maximum atomic E-state index is 2.49. The first-order valence-corrected chi connectivity index (χ1v) is 18.0. The molecule has 1 aliphatic rings. The van der Waals surface area contributed by atoms with Crippen LogP contribution in [0.2, 0.25) is 0 Å². The van der Waals surface area contributed by atoms with Gasteiger partial charge in [-0.3, -0.25) is 0 Å². The molecule has 2 heterocycles. The fourth-order valence-corrected chi connectivity index (χ4v) is 9.31. The van der Waals surface area contributed by atoms with Crippen LogP contribution in [0, 0.1) is 0 Å². The molecule has 0 atom stereocenters. The van der Waals surface area contributed by atoms with E-state index in [1.54, 1.807) is 0 Å². The van der Waals surface area contributed by atoms with Crippen molar-refractivity contribution in [1.29, 1.82) is 0 Å². The Balaban J connectivity index is 1.18. The van der Waals surface area contributed by atoms with E-state index in [4.69, 9.17) is 0 Å². The van der Waals surface area contributed by atoms with Crippen LogP contribution in [0.4, 0.5) is 0 Å². The largest absolute Gasteiger partial charge is 0.309 e. The van der Waals surface area contributed by atoms with Crippen molar-refractivity contribution in [2.24, 2.45) is 0 Å². The first-order chi connectivity index (χ1) is 25.8. The van der Waals surface area contributed by atoms with Crippen molar-refractivity contribution in [1.82, 2.24) is 9.13 Å². The van der Waals surface area contributed by atoms with Gasteiger partial charge in [-0.15, -0.1) is 0 Å². The van der Waals surface area contributed by atoms with Gasteiger partial charge in [-0.2, -0.15) is 0 Å². The zero-order valence-corrected chi connectivity index (χ0v) is 28.2. The smallest absolute Gasteiger partial charge is 0.0641 e. The Bertz CT molecular complexity index is 3260. The van der Waals surface area contributed by atoms with Gasteiger partial charge in [0, 0.05) is 32.9 Å². The summed E-state index contributed by atoms with van der Waals surface area (Å²) in [6, 6.07) is 67.2. The molecule has 2 aromatic heterocycles. The van der Waals surface area contributed by atoms with Crippen LogP contribution in [-0.4, -0.2) is 9.13 Å². The van der Waals surface area contributed by atoms with Crippen LogP contribution in [-0.2, 0) is 0 Å². The molecule has 0 bridgehead atoms. The molecule has 0 saturated heterocycles. The minimum absolute atomic E-state index is 1.15. The highest BCUT2D eigenvalue weighted by Gasteiger charge is 2.24. The summed E-state index contributed by atoms with van der Waals surface area (Å²) in [5.74, 6) is 0. The SMILES string of the molecule is c1ccc(-n2c3ccccc3c3ccc4c(c5c6ccccc6ccc5n4-c4cccc(-c5ccc6c7c(cccc57)-c5ccccc5-6)c4)c32)cc1. The van der Waals surface area contributed by atoms with E-state index < -0.39 is 0 Å². The van der Waals surface area contributed by atoms with Crippen LogP contribution >= 0.6 is 0 Å². The lowest BCUT2D eigenvalue weighted by atomic mass is 9.94. The van der Waals surface area contributed by atoms with Gasteiger partial charge in [0.15, 0.2) is 0 Å². The van der Waals surface area contributed by atoms with E-state index in [0.29, 0.717) is 0 Å². The molecule has 240 valence electrons. The number of rotatable bonds is 3. The molecule has 11 aromatic rings. The second-order valence-electron chi connectivity index (χ2n) is 14.0. The van der Waals surface area contributed by atoms with Crippen LogP contribution in [0.25, 0.3) is 110 Å². The van der Waals surface area contributed by atoms with Crippen LogP contribution in [0.5, 0.6) is 0 Å². The summed E-state index contributed by atoms with van der Waals surface area (Å²) in [4.78, 5) is 0. The van der Waals surface area contributed by atoms with Crippen LogP contribution in [0.15, 0.2) is 182 Å². The molecule has 0 N–H and O–H groups in total. The predicted molar refractivity (Wildman–Crippen MR) is 220 cm³/mol. The minimum Gasteiger partial charge on any atom is -0.309 e. The van der Waals surface area contributed by atoms with Gasteiger partial charge < -0.3 is 9.13 Å². The normalized spacial score (nSPS) is 12.2. The van der Waals surface area contributed by atoms with Gasteiger partial charge in [-0.25, -0.2) is 0 Å².